The van der Waals surface area contributed by atoms with Crippen molar-refractivity contribution in [3.05, 3.63) is 41.5 Å². The number of nitrogens with zero attached hydrogens (tertiary/aromatic N) is 1. The standard InChI is InChI=1S/C17H13F3N2O3/c18-17(19,20)12-6-11(4-3-10(12)7-21)22-15(23)13-8-1-2-9(5-8)14(13)16(24)25/h1-4,6,8-9,13-14H,5H2,(H,22,23)(H,24,25). The molecule has 0 heterocycles. The molecule has 1 aromatic rings. The van der Waals surface area contributed by atoms with Gasteiger partial charge in [0.25, 0.3) is 0 Å². The maximum Gasteiger partial charge on any atom is 0.417 e. The smallest absolute Gasteiger partial charge is 0.417 e. The van der Waals surface area contributed by atoms with E-state index in [4.69, 9.17) is 5.26 Å². The van der Waals surface area contributed by atoms with Crippen LogP contribution in [0.2, 0.25) is 0 Å². The molecular weight excluding hydrogens is 337 g/mol. The Kier molecular flexibility index (Phi) is 4.03. The molecule has 8 heteroatoms. The average Bonchev–Trinajstić information content (AvgIpc) is 3.14. The SMILES string of the molecule is N#Cc1ccc(NC(=O)C2C3C=CC(C3)C2C(=O)O)cc1C(F)(F)F. The minimum absolute atomic E-state index is 0.118. The molecule has 1 amide bonds. The van der Waals surface area contributed by atoms with Crippen LogP contribution in [0.5, 0.6) is 0 Å². The van der Waals surface area contributed by atoms with Gasteiger partial charge in [-0.15, -0.1) is 0 Å². The minimum atomic E-state index is -4.73. The lowest BCUT2D eigenvalue weighted by molar-refractivity contribution is -0.146. The van der Waals surface area contributed by atoms with Crippen molar-refractivity contribution >= 4 is 17.6 Å². The van der Waals surface area contributed by atoms with Crippen LogP contribution in [0.4, 0.5) is 18.9 Å². The minimum Gasteiger partial charge on any atom is -0.481 e. The number of nitrogens with one attached hydrogen (secondary N) is 1. The monoisotopic (exact) mass is 350 g/mol. The number of anilines is 1. The molecule has 130 valence electrons. The molecule has 2 bridgehead atoms. The predicted octanol–water partition coefficient (Wildman–Crippen LogP) is 3.04. The third-order valence-corrected chi connectivity index (χ3v) is 4.76. The number of fused-ring (bicyclic) bond motifs is 2. The third kappa shape index (κ3) is 2.97. The van der Waals surface area contributed by atoms with Gasteiger partial charge >= 0.3 is 12.1 Å². The largest absolute Gasteiger partial charge is 0.481 e. The number of hydrogen-bond donors (Lipinski definition) is 2. The van der Waals surface area contributed by atoms with Crippen molar-refractivity contribution < 1.29 is 27.9 Å². The zero-order valence-electron chi connectivity index (χ0n) is 12.7. The van der Waals surface area contributed by atoms with Gasteiger partial charge in [-0.2, -0.15) is 18.4 Å². The van der Waals surface area contributed by atoms with Gasteiger partial charge in [0.05, 0.1) is 29.0 Å². The summed E-state index contributed by atoms with van der Waals surface area (Å²) in [5.41, 5.74) is -1.81. The van der Waals surface area contributed by atoms with Gasteiger partial charge in [-0.1, -0.05) is 12.2 Å². The molecule has 2 aliphatic carbocycles. The van der Waals surface area contributed by atoms with E-state index in [0.29, 0.717) is 12.5 Å². The van der Waals surface area contributed by atoms with Crippen LogP contribution in [-0.4, -0.2) is 17.0 Å². The number of carbonyl (C=O) groups excluding carboxylic acids is 1. The van der Waals surface area contributed by atoms with Crippen LogP contribution in [0.1, 0.15) is 17.5 Å². The molecule has 2 N–H and O–H groups in total. The van der Waals surface area contributed by atoms with E-state index in [1.807, 2.05) is 0 Å². The highest BCUT2D eigenvalue weighted by Crippen LogP contribution is 2.48. The lowest BCUT2D eigenvalue weighted by Gasteiger charge is -2.24. The van der Waals surface area contributed by atoms with E-state index in [1.54, 1.807) is 12.2 Å². The van der Waals surface area contributed by atoms with E-state index in [0.717, 1.165) is 6.07 Å². The molecule has 4 unspecified atom stereocenters. The van der Waals surface area contributed by atoms with Crippen LogP contribution in [0, 0.1) is 35.0 Å². The summed E-state index contributed by atoms with van der Waals surface area (Å²) in [6.07, 6.45) is -0.619. The normalized spacial score (nSPS) is 27.1. The summed E-state index contributed by atoms with van der Waals surface area (Å²) in [7, 11) is 0. The summed E-state index contributed by atoms with van der Waals surface area (Å²) in [4.78, 5) is 23.9. The Bertz CT molecular complexity index is 810. The Labute approximate surface area is 140 Å². The Morgan fingerprint density at radius 1 is 1.20 bits per heavy atom. The summed E-state index contributed by atoms with van der Waals surface area (Å²) in [6.45, 7) is 0. The predicted molar refractivity (Wildman–Crippen MR) is 80.1 cm³/mol. The van der Waals surface area contributed by atoms with E-state index in [2.05, 4.69) is 5.32 Å². The number of amides is 1. The molecule has 4 atom stereocenters. The fraction of sp³-hybridized carbons (Fsp3) is 0.353. The van der Waals surface area contributed by atoms with Crippen LogP contribution in [0.25, 0.3) is 0 Å². The number of alkyl halides is 3. The van der Waals surface area contributed by atoms with Gasteiger partial charge < -0.3 is 10.4 Å². The van der Waals surface area contributed by atoms with Crippen molar-refractivity contribution in [1.82, 2.24) is 0 Å². The summed E-state index contributed by atoms with van der Waals surface area (Å²) in [5, 5.41) is 20.5. The number of allylic oxidation sites excluding steroid dienone is 2. The van der Waals surface area contributed by atoms with Crippen LogP contribution < -0.4 is 5.32 Å². The Hall–Kier alpha value is -2.82. The second-order valence-electron chi connectivity index (χ2n) is 6.20. The maximum absolute atomic E-state index is 13.0. The molecule has 25 heavy (non-hydrogen) atoms. The van der Waals surface area contributed by atoms with E-state index >= 15 is 0 Å². The maximum atomic E-state index is 13.0. The third-order valence-electron chi connectivity index (χ3n) is 4.76. The first-order chi connectivity index (χ1) is 11.7. The quantitative estimate of drug-likeness (QED) is 0.820. The molecule has 0 saturated heterocycles. The van der Waals surface area contributed by atoms with Crippen molar-refractivity contribution in [2.45, 2.75) is 12.6 Å². The van der Waals surface area contributed by atoms with Gasteiger partial charge in [-0.25, -0.2) is 0 Å². The van der Waals surface area contributed by atoms with Crippen molar-refractivity contribution in [2.75, 3.05) is 5.32 Å². The van der Waals surface area contributed by atoms with Gasteiger partial charge in [0.2, 0.25) is 5.91 Å². The van der Waals surface area contributed by atoms with E-state index in [-0.39, 0.29) is 17.5 Å². The molecule has 0 radical (unpaired) electrons. The lowest BCUT2D eigenvalue weighted by Crippen LogP contribution is -2.36. The van der Waals surface area contributed by atoms with Crippen molar-refractivity contribution in [1.29, 1.82) is 5.26 Å². The van der Waals surface area contributed by atoms with Crippen LogP contribution in [0.3, 0.4) is 0 Å². The fourth-order valence-corrected chi connectivity index (χ4v) is 3.70. The van der Waals surface area contributed by atoms with Crippen molar-refractivity contribution in [2.24, 2.45) is 23.7 Å². The summed E-state index contributed by atoms with van der Waals surface area (Å²) < 4.78 is 39.0. The highest BCUT2D eigenvalue weighted by Gasteiger charge is 2.51. The van der Waals surface area contributed by atoms with Crippen LogP contribution in [-0.2, 0) is 15.8 Å². The van der Waals surface area contributed by atoms with Crippen LogP contribution >= 0.6 is 0 Å². The summed E-state index contributed by atoms with van der Waals surface area (Å²) in [5.74, 6) is -3.88. The van der Waals surface area contributed by atoms with E-state index in [9.17, 15) is 27.9 Å². The molecular formula is C17H13F3N2O3. The number of carbonyl (C=O) groups is 2. The number of hydrogen-bond acceptors (Lipinski definition) is 3. The zero-order chi connectivity index (χ0) is 18.4. The molecule has 1 aromatic carbocycles. The lowest BCUT2D eigenvalue weighted by atomic mass is 9.82. The number of carboxylic acid groups (broad SMARTS) is 1. The molecule has 0 spiro atoms. The average molecular weight is 350 g/mol. The first-order valence-corrected chi connectivity index (χ1v) is 7.55. The summed E-state index contributed by atoms with van der Waals surface area (Å²) in [6, 6.07) is 4.33. The van der Waals surface area contributed by atoms with Gasteiger partial charge in [-0.3, -0.25) is 9.59 Å². The van der Waals surface area contributed by atoms with Gasteiger partial charge in [0, 0.05) is 5.69 Å². The number of aliphatic carboxylic acids is 1. The Balaban J connectivity index is 1.86. The topological polar surface area (TPSA) is 90.2 Å². The van der Waals surface area contributed by atoms with Gasteiger partial charge in [-0.05, 0) is 36.5 Å². The zero-order valence-corrected chi connectivity index (χ0v) is 12.7. The Morgan fingerprint density at radius 3 is 2.40 bits per heavy atom. The molecule has 5 nitrogen and oxygen atoms in total. The van der Waals surface area contributed by atoms with Gasteiger partial charge in [0.1, 0.15) is 0 Å². The van der Waals surface area contributed by atoms with Crippen molar-refractivity contribution in [3.8, 4) is 6.07 Å². The number of carboxylic acids is 1. The molecule has 1 saturated carbocycles. The molecule has 2 aliphatic rings. The molecule has 0 aliphatic heterocycles. The molecule has 1 fully saturated rings. The molecule has 3 rings (SSSR count). The first kappa shape index (κ1) is 17.0. The second kappa shape index (κ2) is 5.92. The number of rotatable bonds is 3. The number of halogens is 3. The van der Waals surface area contributed by atoms with E-state index in [1.165, 1.54) is 12.1 Å². The van der Waals surface area contributed by atoms with E-state index < -0.39 is 41.0 Å². The Morgan fingerprint density at radius 2 is 1.84 bits per heavy atom. The highest BCUT2D eigenvalue weighted by atomic mass is 19.4. The highest BCUT2D eigenvalue weighted by molar-refractivity contribution is 5.96. The molecule has 0 aromatic heterocycles. The number of benzene rings is 1. The first-order valence-electron chi connectivity index (χ1n) is 7.55. The van der Waals surface area contributed by atoms with Crippen molar-refractivity contribution in [3.63, 3.8) is 0 Å². The number of nitriles is 1. The summed E-state index contributed by atoms with van der Waals surface area (Å²) >= 11 is 0. The fourth-order valence-electron chi connectivity index (χ4n) is 3.70. The second-order valence-corrected chi connectivity index (χ2v) is 6.20. The van der Waals surface area contributed by atoms with Crippen LogP contribution in [0.15, 0.2) is 30.4 Å². The van der Waals surface area contributed by atoms with Gasteiger partial charge in [0.15, 0.2) is 0 Å².